The van der Waals surface area contributed by atoms with Crippen LogP contribution < -0.4 is 0 Å². The quantitative estimate of drug-likeness (QED) is 0.523. The smallest absolute Gasteiger partial charge is 0.0149 e. The van der Waals surface area contributed by atoms with Gasteiger partial charge in [0.25, 0.3) is 0 Å². The van der Waals surface area contributed by atoms with Crippen LogP contribution in [0.4, 0.5) is 0 Å². The van der Waals surface area contributed by atoms with Gasteiger partial charge in [-0.2, -0.15) is 0 Å². The van der Waals surface area contributed by atoms with Crippen LogP contribution in [-0.2, 0) is 0 Å². The molecule has 0 N–H and O–H groups in total. The van der Waals surface area contributed by atoms with Crippen molar-refractivity contribution in [3.05, 3.63) is 70.8 Å². The average Bonchev–Trinajstić information content (AvgIpc) is 2.48. The van der Waals surface area contributed by atoms with Gasteiger partial charge in [0, 0.05) is 0 Å². The Kier molecular flexibility index (Phi) is 3.10. The molecule has 0 bridgehead atoms. The zero-order chi connectivity index (χ0) is 14.3. The van der Waals surface area contributed by atoms with Crippen molar-refractivity contribution in [3.63, 3.8) is 0 Å². The number of hydrogen-bond acceptors (Lipinski definition) is 0. The molecule has 3 aromatic carbocycles. The molecule has 3 rings (SSSR count). The van der Waals surface area contributed by atoms with Crippen molar-refractivity contribution in [2.75, 3.05) is 0 Å². The Balaban J connectivity index is 2.25. The van der Waals surface area contributed by atoms with Crippen molar-refractivity contribution in [2.45, 2.75) is 27.7 Å². The molecule has 20 heavy (non-hydrogen) atoms. The minimum absolute atomic E-state index is 1.30. The molecule has 0 amide bonds. The number of rotatable bonds is 1. The lowest BCUT2D eigenvalue weighted by Crippen LogP contribution is -1.94. The molecule has 0 saturated carbocycles. The molecule has 0 radical (unpaired) electrons. The van der Waals surface area contributed by atoms with E-state index in [0.29, 0.717) is 0 Å². The molecule has 100 valence electrons. The summed E-state index contributed by atoms with van der Waals surface area (Å²) in [6.07, 6.45) is 0. The maximum Gasteiger partial charge on any atom is -0.0149 e. The Bertz CT molecular complexity index is 794. The van der Waals surface area contributed by atoms with Gasteiger partial charge < -0.3 is 0 Å². The molecule has 0 aliphatic rings. The topological polar surface area (TPSA) is 0 Å². The first-order valence-corrected chi connectivity index (χ1v) is 7.14. The standard InChI is InChI=1S/C20H20/c1-13-11-20(16(4)15(3)14(13)2)19-10-9-17-7-5-6-8-18(17)12-19/h5-12H,1-4H3. The van der Waals surface area contributed by atoms with Crippen LogP contribution in [0.5, 0.6) is 0 Å². The van der Waals surface area contributed by atoms with Crippen LogP contribution in [0.3, 0.4) is 0 Å². The SMILES string of the molecule is Cc1cc(-c2ccc3ccccc3c2)c(C)c(C)c1C. The van der Waals surface area contributed by atoms with Gasteiger partial charge in [0.2, 0.25) is 0 Å². The van der Waals surface area contributed by atoms with E-state index in [1.165, 1.54) is 44.2 Å². The van der Waals surface area contributed by atoms with Crippen molar-refractivity contribution in [1.29, 1.82) is 0 Å². The van der Waals surface area contributed by atoms with Gasteiger partial charge in [0.05, 0.1) is 0 Å². The van der Waals surface area contributed by atoms with Crippen LogP contribution >= 0.6 is 0 Å². The third-order valence-corrected chi connectivity index (χ3v) is 4.54. The van der Waals surface area contributed by atoms with Crippen LogP contribution in [0, 0.1) is 27.7 Å². The van der Waals surface area contributed by atoms with E-state index < -0.39 is 0 Å². The average molecular weight is 260 g/mol. The molecule has 0 spiro atoms. The van der Waals surface area contributed by atoms with Crippen molar-refractivity contribution in [2.24, 2.45) is 0 Å². The lowest BCUT2D eigenvalue weighted by Gasteiger charge is -2.15. The summed E-state index contributed by atoms with van der Waals surface area (Å²) in [4.78, 5) is 0. The highest BCUT2D eigenvalue weighted by Crippen LogP contribution is 2.31. The minimum atomic E-state index is 1.30. The molecule has 0 heteroatoms. The van der Waals surface area contributed by atoms with Crippen molar-refractivity contribution < 1.29 is 0 Å². The molecule has 0 nitrogen and oxygen atoms in total. The maximum absolute atomic E-state index is 2.32. The van der Waals surface area contributed by atoms with Gasteiger partial charge in [-0.3, -0.25) is 0 Å². The molecule has 0 atom stereocenters. The first kappa shape index (κ1) is 12.9. The highest BCUT2D eigenvalue weighted by molar-refractivity contribution is 5.88. The summed E-state index contributed by atoms with van der Waals surface area (Å²) in [7, 11) is 0. The Hall–Kier alpha value is -2.08. The summed E-state index contributed by atoms with van der Waals surface area (Å²) >= 11 is 0. The molecular weight excluding hydrogens is 240 g/mol. The van der Waals surface area contributed by atoms with Gasteiger partial charge in [-0.15, -0.1) is 0 Å². The second kappa shape index (κ2) is 4.79. The molecule has 0 unspecified atom stereocenters. The fraction of sp³-hybridized carbons (Fsp3) is 0.200. The molecule has 0 aromatic heterocycles. The monoisotopic (exact) mass is 260 g/mol. The fourth-order valence-electron chi connectivity index (χ4n) is 2.87. The van der Waals surface area contributed by atoms with E-state index in [0.717, 1.165) is 0 Å². The van der Waals surface area contributed by atoms with E-state index >= 15 is 0 Å². The predicted molar refractivity (Wildman–Crippen MR) is 88.3 cm³/mol. The summed E-state index contributed by atoms with van der Waals surface area (Å²) in [5.41, 5.74) is 8.25. The van der Waals surface area contributed by atoms with E-state index in [1.807, 2.05) is 0 Å². The van der Waals surface area contributed by atoms with Gasteiger partial charge >= 0.3 is 0 Å². The first-order chi connectivity index (χ1) is 9.58. The summed E-state index contributed by atoms with van der Waals surface area (Å²) in [6, 6.07) is 17.6. The molecule has 0 fully saturated rings. The molecule has 0 aliphatic heterocycles. The van der Waals surface area contributed by atoms with Crippen molar-refractivity contribution in [3.8, 4) is 11.1 Å². The lowest BCUT2D eigenvalue weighted by atomic mass is 9.90. The molecular formula is C20H20. The Morgan fingerprint density at radius 3 is 2.05 bits per heavy atom. The van der Waals surface area contributed by atoms with E-state index in [-0.39, 0.29) is 0 Å². The van der Waals surface area contributed by atoms with Gasteiger partial charge in [-0.05, 0) is 77.9 Å². The normalized spacial score (nSPS) is 11.0. The van der Waals surface area contributed by atoms with Gasteiger partial charge in [0.15, 0.2) is 0 Å². The van der Waals surface area contributed by atoms with Crippen molar-refractivity contribution >= 4 is 10.8 Å². The third-order valence-electron chi connectivity index (χ3n) is 4.54. The number of hydrogen-bond donors (Lipinski definition) is 0. The Labute approximate surface area is 121 Å². The highest BCUT2D eigenvalue weighted by Gasteiger charge is 2.09. The largest absolute Gasteiger partial charge is 0.0616 e. The van der Waals surface area contributed by atoms with Gasteiger partial charge in [0.1, 0.15) is 0 Å². The fourth-order valence-corrected chi connectivity index (χ4v) is 2.87. The Morgan fingerprint density at radius 2 is 1.30 bits per heavy atom. The maximum atomic E-state index is 2.32. The number of aryl methyl sites for hydroxylation is 1. The lowest BCUT2D eigenvalue weighted by molar-refractivity contribution is 1.22. The highest BCUT2D eigenvalue weighted by atomic mass is 14.1. The van der Waals surface area contributed by atoms with E-state index in [9.17, 15) is 0 Å². The van der Waals surface area contributed by atoms with Crippen LogP contribution in [-0.4, -0.2) is 0 Å². The first-order valence-electron chi connectivity index (χ1n) is 7.14. The van der Waals surface area contributed by atoms with E-state index in [4.69, 9.17) is 0 Å². The summed E-state index contributed by atoms with van der Waals surface area (Å²) < 4.78 is 0. The summed E-state index contributed by atoms with van der Waals surface area (Å²) in [5.74, 6) is 0. The predicted octanol–water partition coefficient (Wildman–Crippen LogP) is 5.74. The minimum Gasteiger partial charge on any atom is -0.0616 e. The summed E-state index contributed by atoms with van der Waals surface area (Å²) in [5, 5.41) is 2.61. The van der Waals surface area contributed by atoms with E-state index in [2.05, 4.69) is 76.2 Å². The van der Waals surface area contributed by atoms with Crippen LogP contribution in [0.25, 0.3) is 21.9 Å². The second-order valence-corrected chi connectivity index (χ2v) is 5.68. The van der Waals surface area contributed by atoms with Crippen molar-refractivity contribution in [1.82, 2.24) is 0 Å². The second-order valence-electron chi connectivity index (χ2n) is 5.68. The third kappa shape index (κ3) is 2.02. The van der Waals surface area contributed by atoms with Crippen LogP contribution in [0.1, 0.15) is 22.3 Å². The van der Waals surface area contributed by atoms with Gasteiger partial charge in [-0.1, -0.05) is 42.5 Å². The van der Waals surface area contributed by atoms with Gasteiger partial charge in [-0.25, -0.2) is 0 Å². The molecule has 3 aromatic rings. The zero-order valence-electron chi connectivity index (χ0n) is 12.6. The van der Waals surface area contributed by atoms with Crippen LogP contribution in [0.15, 0.2) is 48.5 Å². The Morgan fingerprint density at radius 1 is 0.600 bits per heavy atom. The zero-order valence-corrected chi connectivity index (χ0v) is 12.6. The molecule has 0 saturated heterocycles. The summed E-state index contributed by atoms with van der Waals surface area (Å²) in [6.45, 7) is 8.86. The molecule has 0 heterocycles. The van der Waals surface area contributed by atoms with E-state index in [1.54, 1.807) is 0 Å². The van der Waals surface area contributed by atoms with Crippen LogP contribution in [0.2, 0.25) is 0 Å². The molecule has 0 aliphatic carbocycles. The number of fused-ring (bicyclic) bond motifs is 1. The number of benzene rings is 3.